The third-order valence-electron chi connectivity index (χ3n) is 6.21. The van der Waals surface area contributed by atoms with E-state index in [2.05, 4.69) is 10.6 Å². The quantitative estimate of drug-likeness (QED) is 0.299. The lowest BCUT2D eigenvalue weighted by Crippen LogP contribution is -2.20. The van der Waals surface area contributed by atoms with Crippen molar-refractivity contribution in [1.29, 1.82) is 0 Å². The summed E-state index contributed by atoms with van der Waals surface area (Å²) in [5.74, 6) is -2.49. The average Bonchev–Trinajstić information content (AvgIpc) is 3.13. The number of carboxylic acids is 1. The number of rotatable bonds is 6. The number of aromatic carboxylic acids is 1. The van der Waals surface area contributed by atoms with Crippen LogP contribution in [0.3, 0.4) is 0 Å². The maximum absolute atomic E-state index is 14.1. The van der Waals surface area contributed by atoms with Crippen LogP contribution in [-0.2, 0) is 0 Å². The predicted molar refractivity (Wildman–Crippen MR) is 131 cm³/mol. The molecule has 10 heteroatoms. The van der Waals surface area contributed by atoms with Crippen LogP contribution >= 0.6 is 0 Å². The van der Waals surface area contributed by atoms with Gasteiger partial charge >= 0.3 is 18.2 Å². The van der Waals surface area contributed by atoms with Gasteiger partial charge in [0.2, 0.25) is 0 Å². The van der Waals surface area contributed by atoms with E-state index in [4.69, 9.17) is 4.74 Å². The van der Waals surface area contributed by atoms with E-state index in [0.717, 1.165) is 23.8 Å². The van der Waals surface area contributed by atoms with Crippen molar-refractivity contribution < 1.29 is 37.0 Å². The topological polar surface area (TPSA) is 87.7 Å². The number of halogens is 4. The first-order valence-electron chi connectivity index (χ1n) is 11.5. The molecule has 3 aromatic carbocycles. The van der Waals surface area contributed by atoms with Crippen LogP contribution in [0.1, 0.15) is 47.2 Å². The van der Waals surface area contributed by atoms with Gasteiger partial charge in [-0.05, 0) is 73.9 Å². The molecule has 0 aromatic heterocycles. The van der Waals surface area contributed by atoms with Crippen LogP contribution in [0.15, 0.2) is 54.6 Å². The monoisotopic (exact) mass is 516 g/mol. The Morgan fingerprint density at radius 3 is 2.38 bits per heavy atom. The fourth-order valence-corrected chi connectivity index (χ4v) is 4.40. The van der Waals surface area contributed by atoms with Crippen molar-refractivity contribution in [2.75, 3.05) is 10.6 Å². The van der Waals surface area contributed by atoms with Gasteiger partial charge in [-0.3, -0.25) is 0 Å². The second-order valence-corrected chi connectivity index (χ2v) is 8.97. The zero-order valence-electron chi connectivity index (χ0n) is 19.9. The molecule has 0 saturated heterocycles. The Balaban J connectivity index is 1.77. The number of amides is 2. The van der Waals surface area contributed by atoms with Crippen molar-refractivity contribution in [2.45, 2.75) is 44.9 Å². The standard InChI is InChI=1S/C27H24F4N2O4/c1-14-3-6-18(7-4-14)32-26(36)33-23-12-16(21-13-17(28)5-8-20(21)25(34)35)11-22-19(9-10-27(29,30)31)15(2)37-24(22)23/h3-8,11-13,15,19H,9-10H2,1-2H3,(H,34,35)(H2,32,33,36)/t15-,19-/m0/s1. The summed E-state index contributed by atoms with van der Waals surface area (Å²) in [7, 11) is 0. The summed E-state index contributed by atoms with van der Waals surface area (Å²) in [6, 6.07) is 12.5. The molecule has 37 heavy (non-hydrogen) atoms. The molecule has 0 radical (unpaired) electrons. The number of urea groups is 1. The van der Waals surface area contributed by atoms with Crippen molar-refractivity contribution in [3.05, 3.63) is 77.1 Å². The number of carboxylic acid groups (broad SMARTS) is 1. The van der Waals surface area contributed by atoms with E-state index in [1.165, 1.54) is 12.1 Å². The van der Waals surface area contributed by atoms with Crippen molar-refractivity contribution in [3.63, 3.8) is 0 Å². The molecular formula is C27H24F4N2O4. The summed E-state index contributed by atoms with van der Waals surface area (Å²) >= 11 is 0. The summed E-state index contributed by atoms with van der Waals surface area (Å²) in [5.41, 5.74) is 2.04. The summed E-state index contributed by atoms with van der Waals surface area (Å²) in [6.45, 7) is 3.52. The van der Waals surface area contributed by atoms with Crippen molar-refractivity contribution in [2.24, 2.45) is 0 Å². The molecule has 4 rings (SSSR count). The van der Waals surface area contributed by atoms with Crippen LogP contribution in [0.25, 0.3) is 11.1 Å². The molecule has 0 saturated carbocycles. The van der Waals surface area contributed by atoms with Crippen LogP contribution in [0.5, 0.6) is 5.75 Å². The fourth-order valence-electron chi connectivity index (χ4n) is 4.40. The van der Waals surface area contributed by atoms with Crippen LogP contribution < -0.4 is 15.4 Å². The normalized spacial score (nSPS) is 16.6. The number of carbonyl (C=O) groups excluding carboxylic acids is 1. The van der Waals surface area contributed by atoms with Crippen LogP contribution in [-0.4, -0.2) is 29.4 Å². The van der Waals surface area contributed by atoms with Crippen LogP contribution in [0.2, 0.25) is 0 Å². The van der Waals surface area contributed by atoms with E-state index >= 15 is 0 Å². The summed E-state index contributed by atoms with van der Waals surface area (Å²) < 4.78 is 59.0. The number of carbonyl (C=O) groups is 2. The smallest absolute Gasteiger partial charge is 0.389 e. The zero-order valence-corrected chi connectivity index (χ0v) is 19.9. The number of benzene rings is 3. The molecule has 0 bridgehead atoms. The molecule has 2 amide bonds. The van der Waals surface area contributed by atoms with Gasteiger partial charge in [0.05, 0.1) is 11.3 Å². The molecule has 0 aliphatic carbocycles. The Morgan fingerprint density at radius 2 is 1.73 bits per heavy atom. The van der Waals surface area contributed by atoms with Gasteiger partial charge in [0, 0.05) is 23.6 Å². The van der Waals surface area contributed by atoms with Crippen LogP contribution in [0.4, 0.5) is 33.7 Å². The zero-order chi connectivity index (χ0) is 26.9. The Morgan fingerprint density at radius 1 is 1.03 bits per heavy atom. The first kappa shape index (κ1) is 26.0. The van der Waals surface area contributed by atoms with Crippen molar-refractivity contribution in [1.82, 2.24) is 0 Å². The number of nitrogens with one attached hydrogen (secondary N) is 2. The van der Waals surface area contributed by atoms with Gasteiger partial charge < -0.3 is 20.5 Å². The second kappa shape index (κ2) is 10.1. The largest absolute Gasteiger partial charge is 0.488 e. The average molecular weight is 516 g/mol. The molecule has 0 fully saturated rings. The first-order chi connectivity index (χ1) is 17.4. The van der Waals surface area contributed by atoms with E-state index in [1.807, 2.05) is 6.92 Å². The van der Waals surface area contributed by atoms with E-state index in [9.17, 15) is 32.3 Å². The predicted octanol–water partition coefficient (Wildman–Crippen LogP) is 7.35. The van der Waals surface area contributed by atoms with Gasteiger partial charge in [-0.1, -0.05) is 17.7 Å². The highest BCUT2D eigenvalue weighted by molar-refractivity contribution is 6.02. The van der Waals surface area contributed by atoms with Gasteiger partial charge in [0.25, 0.3) is 0 Å². The van der Waals surface area contributed by atoms with E-state index in [-0.39, 0.29) is 34.5 Å². The van der Waals surface area contributed by atoms with E-state index in [0.29, 0.717) is 11.3 Å². The van der Waals surface area contributed by atoms with Crippen molar-refractivity contribution in [3.8, 4) is 16.9 Å². The number of ether oxygens (including phenoxy) is 1. The van der Waals surface area contributed by atoms with E-state index < -0.39 is 42.4 Å². The summed E-state index contributed by atoms with van der Waals surface area (Å²) in [4.78, 5) is 24.6. The maximum Gasteiger partial charge on any atom is 0.389 e. The lowest BCUT2D eigenvalue weighted by molar-refractivity contribution is -0.136. The lowest BCUT2D eigenvalue weighted by Gasteiger charge is -2.17. The summed E-state index contributed by atoms with van der Waals surface area (Å²) in [6.07, 6.45) is -6.34. The van der Waals surface area contributed by atoms with Crippen molar-refractivity contribution >= 4 is 23.4 Å². The number of alkyl halides is 3. The second-order valence-electron chi connectivity index (χ2n) is 8.97. The number of aryl methyl sites for hydroxylation is 1. The third kappa shape index (κ3) is 6.02. The molecular weight excluding hydrogens is 492 g/mol. The molecule has 6 nitrogen and oxygen atoms in total. The molecule has 2 atom stereocenters. The fraction of sp³-hybridized carbons (Fsp3) is 0.259. The van der Waals surface area contributed by atoms with Gasteiger partial charge in [0.1, 0.15) is 17.7 Å². The maximum atomic E-state index is 14.1. The Kier molecular flexibility index (Phi) is 7.11. The number of anilines is 2. The molecule has 1 heterocycles. The minimum absolute atomic E-state index is 0.0198. The molecule has 0 spiro atoms. The molecule has 1 aliphatic heterocycles. The number of hydrogen-bond donors (Lipinski definition) is 3. The number of hydrogen-bond acceptors (Lipinski definition) is 3. The minimum atomic E-state index is -4.38. The Bertz CT molecular complexity index is 1340. The van der Waals surface area contributed by atoms with Crippen LogP contribution in [0, 0.1) is 12.7 Å². The SMILES string of the molecule is Cc1ccc(NC(=O)Nc2cc(-c3cc(F)ccc3C(=O)O)cc3c2O[C@@H](C)[C@@H]3CCC(F)(F)F)cc1. The van der Waals surface area contributed by atoms with Gasteiger partial charge in [-0.25, -0.2) is 14.0 Å². The molecule has 0 unspecified atom stereocenters. The summed E-state index contributed by atoms with van der Waals surface area (Å²) in [5, 5.41) is 14.9. The third-order valence-corrected chi connectivity index (χ3v) is 6.21. The molecule has 1 aliphatic rings. The highest BCUT2D eigenvalue weighted by Gasteiger charge is 2.37. The Labute approximate surface area is 210 Å². The molecule has 3 aromatic rings. The van der Waals surface area contributed by atoms with Gasteiger partial charge in [0.15, 0.2) is 0 Å². The Hall–Kier alpha value is -4.08. The first-order valence-corrected chi connectivity index (χ1v) is 11.5. The van der Waals surface area contributed by atoms with E-state index in [1.54, 1.807) is 31.2 Å². The molecule has 3 N–H and O–H groups in total. The highest BCUT2D eigenvalue weighted by Crippen LogP contribution is 2.48. The van der Waals surface area contributed by atoms with Gasteiger partial charge in [-0.2, -0.15) is 13.2 Å². The minimum Gasteiger partial charge on any atom is -0.488 e. The lowest BCUT2D eigenvalue weighted by atomic mass is 9.88. The molecule has 194 valence electrons. The number of fused-ring (bicyclic) bond motifs is 1. The van der Waals surface area contributed by atoms with Gasteiger partial charge in [-0.15, -0.1) is 0 Å². The highest BCUT2D eigenvalue weighted by atomic mass is 19.4.